The van der Waals surface area contributed by atoms with E-state index in [2.05, 4.69) is 16.2 Å². The summed E-state index contributed by atoms with van der Waals surface area (Å²) >= 11 is 4.93. The molecule has 0 spiro atoms. The number of hydrazine groups is 1. The number of benzene rings is 2. The Labute approximate surface area is 167 Å². The first-order valence-corrected chi connectivity index (χ1v) is 8.77. The molecule has 0 aliphatic carbocycles. The molecule has 146 valence electrons. The van der Waals surface area contributed by atoms with Gasteiger partial charge in [-0.2, -0.15) is 0 Å². The molecule has 2 amide bonds. The van der Waals surface area contributed by atoms with Crippen molar-refractivity contribution in [1.29, 1.82) is 0 Å². The molecule has 2 aromatic rings. The second-order valence-electron chi connectivity index (χ2n) is 5.99. The van der Waals surface area contributed by atoms with E-state index >= 15 is 0 Å². The van der Waals surface area contributed by atoms with Crippen molar-refractivity contribution in [1.82, 2.24) is 16.2 Å². The Bertz CT molecular complexity index is 878. The molecule has 0 saturated carbocycles. The topological polar surface area (TPSA) is 79.5 Å². The van der Waals surface area contributed by atoms with E-state index in [9.17, 15) is 14.0 Å². The van der Waals surface area contributed by atoms with Crippen LogP contribution in [-0.4, -0.2) is 23.5 Å². The molecule has 0 heterocycles. The zero-order valence-electron chi connectivity index (χ0n) is 15.4. The summed E-state index contributed by atoms with van der Waals surface area (Å²) in [5, 5.41) is 2.30. The quantitative estimate of drug-likeness (QED) is 0.408. The fraction of sp³-hybridized carbons (Fsp3) is 0.150. The van der Waals surface area contributed by atoms with Gasteiger partial charge in [-0.1, -0.05) is 18.2 Å². The lowest BCUT2D eigenvalue weighted by molar-refractivity contribution is -0.123. The highest BCUT2D eigenvalue weighted by molar-refractivity contribution is 7.80. The normalized spacial score (nSPS) is 10.4. The van der Waals surface area contributed by atoms with Gasteiger partial charge in [0.2, 0.25) is 5.91 Å². The zero-order chi connectivity index (χ0) is 20.5. The maximum absolute atomic E-state index is 12.8. The van der Waals surface area contributed by atoms with Crippen molar-refractivity contribution >= 4 is 35.2 Å². The molecule has 0 aromatic heterocycles. The Morgan fingerprint density at radius 2 is 1.71 bits per heavy atom. The van der Waals surface area contributed by atoms with Crippen LogP contribution in [0.15, 0.2) is 48.5 Å². The van der Waals surface area contributed by atoms with Gasteiger partial charge in [0, 0.05) is 6.08 Å². The molecule has 28 heavy (non-hydrogen) atoms. The van der Waals surface area contributed by atoms with Gasteiger partial charge in [0.25, 0.3) is 5.91 Å². The third-order valence-corrected chi connectivity index (χ3v) is 3.62. The lowest BCUT2D eigenvalue weighted by Crippen LogP contribution is -2.49. The van der Waals surface area contributed by atoms with E-state index in [1.807, 2.05) is 32.0 Å². The third-order valence-electron chi connectivity index (χ3n) is 3.41. The highest BCUT2D eigenvalue weighted by Gasteiger charge is 2.06. The van der Waals surface area contributed by atoms with Crippen molar-refractivity contribution in [2.45, 2.75) is 13.8 Å². The van der Waals surface area contributed by atoms with Gasteiger partial charge in [0.05, 0.1) is 0 Å². The van der Waals surface area contributed by atoms with Crippen molar-refractivity contribution in [3.05, 3.63) is 71.0 Å². The van der Waals surface area contributed by atoms with Crippen molar-refractivity contribution in [2.24, 2.45) is 0 Å². The summed E-state index contributed by atoms with van der Waals surface area (Å²) in [6.45, 7) is 3.66. The monoisotopic (exact) mass is 401 g/mol. The standard InChI is InChI=1S/C20H20FN3O3S/c1-13-9-14(2)11-17(10-13)27-12-19(26)23-24-20(28)22-18(25)8-5-15-3-6-16(21)7-4-15/h3-11H,12H2,1-2H3,(H,23,26)(H2,22,24,25,28)/b8-5+. The first-order valence-electron chi connectivity index (χ1n) is 8.36. The molecule has 0 fully saturated rings. The van der Waals surface area contributed by atoms with Gasteiger partial charge in [0.15, 0.2) is 11.7 Å². The number of rotatable bonds is 5. The smallest absolute Gasteiger partial charge is 0.276 e. The number of carbonyl (C=O) groups is 2. The third kappa shape index (κ3) is 7.55. The van der Waals surface area contributed by atoms with Crippen molar-refractivity contribution in [3.8, 4) is 5.75 Å². The summed E-state index contributed by atoms with van der Waals surface area (Å²) in [7, 11) is 0. The minimum Gasteiger partial charge on any atom is -0.484 e. The van der Waals surface area contributed by atoms with Crippen LogP contribution in [0.5, 0.6) is 5.75 Å². The first-order chi connectivity index (χ1) is 13.3. The van der Waals surface area contributed by atoms with Crippen LogP contribution in [0.2, 0.25) is 0 Å². The summed E-state index contributed by atoms with van der Waals surface area (Å²) in [5.74, 6) is -0.723. The van der Waals surface area contributed by atoms with Gasteiger partial charge in [-0.15, -0.1) is 0 Å². The predicted octanol–water partition coefficient (Wildman–Crippen LogP) is 2.56. The lowest BCUT2D eigenvalue weighted by atomic mass is 10.1. The Morgan fingerprint density at radius 3 is 2.36 bits per heavy atom. The van der Waals surface area contributed by atoms with Gasteiger partial charge in [-0.3, -0.25) is 25.8 Å². The van der Waals surface area contributed by atoms with Crippen LogP contribution in [0, 0.1) is 19.7 Å². The van der Waals surface area contributed by atoms with Crippen LogP contribution in [0.25, 0.3) is 6.08 Å². The summed E-state index contributed by atoms with van der Waals surface area (Å²) < 4.78 is 18.2. The maximum atomic E-state index is 12.8. The van der Waals surface area contributed by atoms with Crippen LogP contribution in [0.1, 0.15) is 16.7 Å². The summed E-state index contributed by atoms with van der Waals surface area (Å²) in [5.41, 5.74) is 7.47. The minimum atomic E-state index is -0.498. The fourth-order valence-corrected chi connectivity index (χ4v) is 2.41. The molecule has 3 N–H and O–H groups in total. The van der Waals surface area contributed by atoms with Crippen LogP contribution in [-0.2, 0) is 9.59 Å². The molecular weight excluding hydrogens is 381 g/mol. The number of ether oxygens (including phenoxy) is 1. The number of nitrogens with one attached hydrogen (secondary N) is 3. The highest BCUT2D eigenvalue weighted by Crippen LogP contribution is 2.15. The van der Waals surface area contributed by atoms with Gasteiger partial charge >= 0.3 is 0 Å². The van der Waals surface area contributed by atoms with Crippen molar-refractivity contribution in [3.63, 3.8) is 0 Å². The van der Waals surface area contributed by atoms with E-state index < -0.39 is 11.8 Å². The van der Waals surface area contributed by atoms with E-state index in [4.69, 9.17) is 17.0 Å². The predicted molar refractivity (Wildman–Crippen MR) is 109 cm³/mol. The SMILES string of the molecule is Cc1cc(C)cc(OCC(=O)NNC(=S)NC(=O)/C=C/c2ccc(F)cc2)c1. The average molecular weight is 401 g/mol. The summed E-state index contributed by atoms with van der Waals surface area (Å²) in [6, 6.07) is 11.3. The molecule has 0 aliphatic heterocycles. The Morgan fingerprint density at radius 1 is 1.07 bits per heavy atom. The van der Waals surface area contributed by atoms with Crippen LogP contribution < -0.4 is 20.9 Å². The second kappa shape index (κ2) is 10.2. The Hall–Kier alpha value is -3.26. The fourth-order valence-electron chi connectivity index (χ4n) is 2.26. The van der Waals surface area contributed by atoms with Gasteiger partial charge in [-0.25, -0.2) is 4.39 Å². The summed E-state index contributed by atoms with van der Waals surface area (Å²) in [4.78, 5) is 23.6. The number of aryl methyl sites for hydroxylation is 2. The van der Waals surface area contributed by atoms with E-state index in [-0.39, 0.29) is 17.5 Å². The number of halogens is 1. The molecule has 0 saturated heterocycles. The van der Waals surface area contributed by atoms with Crippen molar-refractivity contribution < 1.29 is 18.7 Å². The molecule has 0 radical (unpaired) electrons. The molecule has 0 aliphatic rings. The molecule has 0 atom stereocenters. The minimum absolute atomic E-state index is 0.0755. The first kappa shape index (κ1) is 21.0. The number of thiocarbonyl (C=S) groups is 1. The Kier molecular flexibility index (Phi) is 7.65. The van der Waals surface area contributed by atoms with E-state index in [1.54, 1.807) is 0 Å². The molecule has 8 heteroatoms. The number of hydrogen-bond acceptors (Lipinski definition) is 4. The zero-order valence-corrected chi connectivity index (χ0v) is 16.2. The molecular formula is C20H20FN3O3S. The lowest BCUT2D eigenvalue weighted by Gasteiger charge is -2.11. The number of amides is 2. The van der Waals surface area contributed by atoms with E-state index in [1.165, 1.54) is 36.4 Å². The number of carbonyl (C=O) groups excluding carboxylic acids is 2. The average Bonchev–Trinajstić information content (AvgIpc) is 2.63. The van der Waals surface area contributed by atoms with Gasteiger partial charge in [-0.05, 0) is 73.1 Å². The maximum Gasteiger partial charge on any atom is 0.276 e. The molecule has 0 bridgehead atoms. The molecule has 2 rings (SSSR count). The Balaban J connectivity index is 1.71. The van der Waals surface area contributed by atoms with Gasteiger partial charge in [0.1, 0.15) is 11.6 Å². The summed E-state index contributed by atoms with van der Waals surface area (Å²) in [6.07, 6.45) is 2.75. The highest BCUT2D eigenvalue weighted by atomic mass is 32.1. The van der Waals surface area contributed by atoms with E-state index in [0.717, 1.165) is 11.1 Å². The van der Waals surface area contributed by atoms with Crippen LogP contribution in [0.4, 0.5) is 4.39 Å². The van der Waals surface area contributed by atoms with E-state index in [0.29, 0.717) is 11.3 Å². The van der Waals surface area contributed by atoms with Crippen LogP contribution >= 0.6 is 12.2 Å². The molecule has 6 nitrogen and oxygen atoms in total. The largest absolute Gasteiger partial charge is 0.484 e. The second-order valence-corrected chi connectivity index (χ2v) is 6.40. The molecule has 2 aromatic carbocycles. The molecule has 0 unspecified atom stereocenters. The number of hydrogen-bond donors (Lipinski definition) is 3. The van der Waals surface area contributed by atoms with Gasteiger partial charge < -0.3 is 4.74 Å². The van der Waals surface area contributed by atoms with Crippen LogP contribution in [0.3, 0.4) is 0 Å². The van der Waals surface area contributed by atoms with Crippen molar-refractivity contribution in [2.75, 3.05) is 6.61 Å².